The molecule has 4 rings (SSSR count). The fourth-order valence-electron chi connectivity index (χ4n) is 3.06. The Labute approximate surface area is 165 Å². The van der Waals surface area contributed by atoms with Crippen LogP contribution in [0.3, 0.4) is 0 Å². The van der Waals surface area contributed by atoms with Crippen molar-refractivity contribution in [2.45, 2.75) is 19.9 Å². The molecule has 0 spiro atoms. The molecule has 29 heavy (non-hydrogen) atoms. The van der Waals surface area contributed by atoms with Gasteiger partial charge in [0.1, 0.15) is 0 Å². The van der Waals surface area contributed by atoms with Crippen LogP contribution < -0.4 is 15.0 Å². The molecule has 0 bridgehead atoms. The van der Waals surface area contributed by atoms with E-state index >= 15 is 0 Å². The van der Waals surface area contributed by atoms with Gasteiger partial charge in [-0.25, -0.2) is 9.48 Å². The van der Waals surface area contributed by atoms with Crippen LogP contribution in [0.5, 0.6) is 11.5 Å². The molecule has 0 N–H and O–H groups in total. The first-order valence-corrected chi connectivity index (χ1v) is 9.07. The number of aromatic nitrogens is 2. The SMILES string of the molecule is CC(C)n1nc(C(=O)OCC(=O)c2ccc3c(c2)OCO3)c2ccccc2c1=O. The molecule has 0 atom stereocenters. The number of hydrogen-bond acceptors (Lipinski definition) is 7. The van der Waals surface area contributed by atoms with Crippen LogP contribution in [0.25, 0.3) is 10.8 Å². The van der Waals surface area contributed by atoms with Gasteiger partial charge in [-0.05, 0) is 38.1 Å². The lowest BCUT2D eigenvalue weighted by Gasteiger charge is -2.13. The lowest BCUT2D eigenvalue weighted by Crippen LogP contribution is -2.28. The second-order valence-electron chi connectivity index (χ2n) is 6.81. The average molecular weight is 394 g/mol. The molecule has 0 amide bonds. The summed E-state index contributed by atoms with van der Waals surface area (Å²) in [6.07, 6.45) is 0. The summed E-state index contributed by atoms with van der Waals surface area (Å²) in [5.74, 6) is -0.133. The molecule has 8 heteroatoms. The molecule has 1 aliphatic heterocycles. The lowest BCUT2D eigenvalue weighted by molar-refractivity contribution is 0.0468. The molecule has 0 unspecified atom stereocenters. The van der Waals surface area contributed by atoms with E-state index < -0.39 is 18.4 Å². The highest BCUT2D eigenvalue weighted by atomic mass is 16.7. The van der Waals surface area contributed by atoms with Crippen molar-refractivity contribution in [3.8, 4) is 11.5 Å². The van der Waals surface area contributed by atoms with E-state index in [1.54, 1.807) is 56.3 Å². The molecule has 148 valence electrons. The Morgan fingerprint density at radius 2 is 1.83 bits per heavy atom. The minimum atomic E-state index is -0.773. The first-order chi connectivity index (χ1) is 14.0. The monoisotopic (exact) mass is 394 g/mol. The second kappa shape index (κ2) is 7.38. The highest BCUT2D eigenvalue weighted by molar-refractivity contribution is 6.04. The van der Waals surface area contributed by atoms with E-state index in [0.717, 1.165) is 0 Å². The molecule has 2 heterocycles. The molecule has 0 aliphatic carbocycles. The smallest absolute Gasteiger partial charge is 0.359 e. The number of ether oxygens (including phenoxy) is 3. The Bertz CT molecular complexity index is 1180. The Kier molecular flexibility index (Phi) is 4.75. The fourth-order valence-corrected chi connectivity index (χ4v) is 3.06. The van der Waals surface area contributed by atoms with Gasteiger partial charge in [-0.3, -0.25) is 9.59 Å². The van der Waals surface area contributed by atoms with E-state index in [1.807, 2.05) is 0 Å². The highest BCUT2D eigenvalue weighted by Crippen LogP contribution is 2.32. The number of fused-ring (bicyclic) bond motifs is 2. The van der Waals surface area contributed by atoms with Crippen LogP contribution >= 0.6 is 0 Å². The van der Waals surface area contributed by atoms with Crippen LogP contribution in [-0.4, -0.2) is 34.9 Å². The van der Waals surface area contributed by atoms with Crippen LogP contribution in [0.4, 0.5) is 0 Å². The summed E-state index contributed by atoms with van der Waals surface area (Å²) in [5.41, 5.74) is 0.0444. The summed E-state index contributed by atoms with van der Waals surface area (Å²) >= 11 is 0. The standard InChI is InChI=1S/C21H18N2O6/c1-12(2)23-20(25)15-6-4-3-5-14(15)19(22-23)21(26)27-10-16(24)13-7-8-17-18(9-13)29-11-28-17/h3-9,12H,10-11H2,1-2H3. The third kappa shape index (κ3) is 3.44. The largest absolute Gasteiger partial charge is 0.454 e. The van der Waals surface area contributed by atoms with Crippen molar-refractivity contribution in [2.24, 2.45) is 0 Å². The molecule has 3 aromatic rings. The fraction of sp³-hybridized carbons (Fsp3) is 0.238. The van der Waals surface area contributed by atoms with Gasteiger partial charge in [0.15, 0.2) is 29.6 Å². The molecule has 1 aliphatic rings. The zero-order valence-electron chi connectivity index (χ0n) is 15.9. The summed E-state index contributed by atoms with van der Waals surface area (Å²) in [6.45, 7) is 3.23. The van der Waals surface area contributed by atoms with Crippen molar-refractivity contribution in [2.75, 3.05) is 13.4 Å². The Balaban J connectivity index is 1.59. The number of carbonyl (C=O) groups excluding carboxylic acids is 2. The first-order valence-electron chi connectivity index (χ1n) is 9.07. The number of esters is 1. The van der Waals surface area contributed by atoms with E-state index in [0.29, 0.717) is 27.8 Å². The normalized spacial score (nSPS) is 12.4. The Morgan fingerprint density at radius 3 is 2.59 bits per heavy atom. The second-order valence-corrected chi connectivity index (χ2v) is 6.81. The topological polar surface area (TPSA) is 96.7 Å². The van der Waals surface area contributed by atoms with Crippen molar-refractivity contribution in [3.63, 3.8) is 0 Å². The maximum absolute atomic E-state index is 12.7. The number of rotatable bonds is 5. The van der Waals surface area contributed by atoms with E-state index in [2.05, 4.69) is 5.10 Å². The molecule has 0 saturated carbocycles. The predicted molar refractivity (Wildman–Crippen MR) is 104 cm³/mol. The molecule has 0 saturated heterocycles. The Hall–Kier alpha value is -3.68. The Morgan fingerprint density at radius 1 is 1.10 bits per heavy atom. The van der Waals surface area contributed by atoms with Gasteiger partial charge >= 0.3 is 5.97 Å². The van der Waals surface area contributed by atoms with Gasteiger partial charge in [0.25, 0.3) is 5.56 Å². The van der Waals surface area contributed by atoms with Crippen molar-refractivity contribution in [1.82, 2.24) is 9.78 Å². The molecular weight excluding hydrogens is 376 g/mol. The summed E-state index contributed by atoms with van der Waals surface area (Å²) in [5, 5.41) is 4.93. The van der Waals surface area contributed by atoms with Crippen LogP contribution in [-0.2, 0) is 4.74 Å². The van der Waals surface area contributed by atoms with E-state index in [4.69, 9.17) is 14.2 Å². The molecule has 1 aromatic heterocycles. The molecule has 0 fully saturated rings. The third-order valence-electron chi connectivity index (χ3n) is 4.54. The van der Waals surface area contributed by atoms with Crippen LogP contribution in [0.1, 0.15) is 40.7 Å². The van der Waals surface area contributed by atoms with Gasteiger partial charge in [0.2, 0.25) is 6.79 Å². The molecule has 8 nitrogen and oxygen atoms in total. The van der Waals surface area contributed by atoms with Crippen molar-refractivity contribution in [3.05, 3.63) is 64.1 Å². The number of benzene rings is 2. The summed E-state index contributed by atoms with van der Waals surface area (Å²) < 4.78 is 16.9. The number of hydrogen-bond donors (Lipinski definition) is 0. The quantitative estimate of drug-likeness (QED) is 0.485. The number of nitrogens with zero attached hydrogens (tertiary/aromatic N) is 2. The highest BCUT2D eigenvalue weighted by Gasteiger charge is 2.21. The van der Waals surface area contributed by atoms with Gasteiger partial charge in [-0.2, -0.15) is 5.10 Å². The van der Waals surface area contributed by atoms with Crippen LogP contribution in [0.2, 0.25) is 0 Å². The number of ketones is 1. The minimum absolute atomic E-state index is 0.00705. The van der Waals surface area contributed by atoms with Gasteiger partial charge in [-0.1, -0.05) is 18.2 Å². The van der Waals surface area contributed by atoms with Gasteiger partial charge in [-0.15, -0.1) is 0 Å². The van der Waals surface area contributed by atoms with Crippen LogP contribution in [0, 0.1) is 0 Å². The van der Waals surface area contributed by atoms with Crippen molar-refractivity contribution in [1.29, 1.82) is 0 Å². The third-order valence-corrected chi connectivity index (χ3v) is 4.54. The summed E-state index contributed by atoms with van der Waals surface area (Å²) in [4.78, 5) is 37.7. The van der Waals surface area contributed by atoms with Gasteiger partial charge in [0.05, 0.1) is 11.4 Å². The summed E-state index contributed by atoms with van der Waals surface area (Å²) in [7, 11) is 0. The molecule has 0 radical (unpaired) electrons. The van der Waals surface area contributed by atoms with Gasteiger partial charge in [0, 0.05) is 10.9 Å². The molecule has 2 aromatic carbocycles. The van der Waals surface area contributed by atoms with E-state index in [9.17, 15) is 14.4 Å². The van der Waals surface area contributed by atoms with Crippen molar-refractivity contribution >= 4 is 22.5 Å². The first kappa shape index (κ1) is 18.7. The summed E-state index contributed by atoms with van der Waals surface area (Å²) in [6, 6.07) is 11.2. The number of Topliss-reactive ketones (excluding diaryl/α,β-unsaturated/α-hetero) is 1. The van der Waals surface area contributed by atoms with Crippen LogP contribution in [0.15, 0.2) is 47.3 Å². The maximum Gasteiger partial charge on any atom is 0.359 e. The number of carbonyl (C=O) groups is 2. The zero-order valence-corrected chi connectivity index (χ0v) is 15.9. The molecular formula is C21H18N2O6. The minimum Gasteiger partial charge on any atom is -0.454 e. The predicted octanol–water partition coefficient (Wildman–Crippen LogP) is 2.75. The maximum atomic E-state index is 12.7. The average Bonchev–Trinajstić information content (AvgIpc) is 3.20. The zero-order chi connectivity index (χ0) is 20.5. The van der Waals surface area contributed by atoms with Crippen molar-refractivity contribution < 1.29 is 23.8 Å². The van der Waals surface area contributed by atoms with E-state index in [-0.39, 0.29) is 24.1 Å². The lowest BCUT2D eigenvalue weighted by atomic mass is 10.1. The van der Waals surface area contributed by atoms with Gasteiger partial charge < -0.3 is 14.2 Å². The van der Waals surface area contributed by atoms with E-state index in [1.165, 1.54) is 4.68 Å².